The Kier molecular flexibility index (Phi) is 21.4. The van der Waals surface area contributed by atoms with Crippen molar-refractivity contribution in [2.24, 2.45) is 5.73 Å². The molecule has 0 saturated carbocycles. The summed E-state index contributed by atoms with van der Waals surface area (Å²) < 4.78 is 0. The van der Waals surface area contributed by atoms with Crippen molar-refractivity contribution in [1.82, 2.24) is 36.8 Å². The highest BCUT2D eigenvalue weighted by molar-refractivity contribution is 5.99. The fourth-order valence-corrected chi connectivity index (χ4v) is 8.26. The van der Waals surface area contributed by atoms with Crippen molar-refractivity contribution in [3.05, 3.63) is 125 Å². The Hall–Kier alpha value is -9.10. The molecule has 1 fully saturated rings. The normalized spacial score (nSPS) is 15.7. The van der Waals surface area contributed by atoms with E-state index in [1.807, 2.05) is 0 Å². The number of nitrogens with zero attached hydrogens (tertiary/aromatic N) is 1. The van der Waals surface area contributed by atoms with Crippen LogP contribution in [0.3, 0.4) is 0 Å². The van der Waals surface area contributed by atoms with Crippen LogP contribution in [0.15, 0.2) is 103 Å². The van der Waals surface area contributed by atoms with Gasteiger partial charge in [0.25, 0.3) is 0 Å². The third-order valence-electron chi connectivity index (χ3n) is 12.3. The number of phenolic OH excluding ortho intramolecular Hbond substituents is 3. The largest absolute Gasteiger partial charge is 0.508 e. The molecule has 0 aliphatic carbocycles. The summed E-state index contributed by atoms with van der Waals surface area (Å²) in [6.07, 6.45) is -2.97. The summed E-state index contributed by atoms with van der Waals surface area (Å²) in [5.74, 6) is -12.2. The monoisotopic (exact) mass is 1070 g/mol. The number of nitrogens with two attached hydrogens (primary N) is 1. The molecule has 1 aliphatic rings. The summed E-state index contributed by atoms with van der Waals surface area (Å²) in [6, 6.07) is 11.8. The number of amides is 7. The zero-order valence-electron chi connectivity index (χ0n) is 41.2. The van der Waals surface area contributed by atoms with Crippen LogP contribution in [-0.4, -0.2) is 161 Å². The molecule has 1 saturated heterocycles. The smallest absolute Gasteiger partial charge is 0.326 e. The van der Waals surface area contributed by atoms with Crippen molar-refractivity contribution in [2.75, 3.05) is 13.2 Å². The number of aliphatic hydroxyl groups is 1. The number of rotatable bonds is 27. The lowest BCUT2D eigenvalue weighted by Crippen LogP contribution is -2.61. The van der Waals surface area contributed by atoms with Gasteiger partial charge in [-0.05, 0) is 71.5 Å². The maximum atomic E-state index is 14.6. The zero-order chi connectivity index (χ0) is 56.3. The first-order chi connectivity index (χ1) is 36.6. The van der Waals surface area contributed by atoms with Crippen LogP contribution < -0.4 is 37.6 Å². The van der Waals surface area contributed by atoms with Gasteiger partial charge in [0.15, 0.2) is 0 Å². The fourth-order valence-electron chi connectivity index (χ4n) is 8.26. The van der Waals surface area contributed by atoms with Gasteiger partial charge in [-0.2, -0.15) is 0 Å². The number of phenols is 3. The van der Waals surface area contributed by atoms with Crippen LogP contribution in [0.4, 0.5) is 0 Å². The van der Waals surface area contributed by atoms with Gasteiger partial charge < -0.3 is 78.3 Å². The van der Waals surface area contributed by atoms with E-state index >= 15 is 0 Å². The van der Waals surface area contributed by atoms with E-state index in [4.69, 9.17) is 5.73 Å². The summed E-state index contributed by atoms with van der Waals surface area (Å²) in [4.78, 5) is 135. The number of likely N-dealkylation sites (tertiary alicyclic amines) is 1. The number of nitrogens with one attached hydrogen (secondary N) is 6. The Morgan fingerprint density at radius 2 is 0.844 bits per heavy atom. The third kappa shape index (κ3) is 18.1. The van der Waals surface area contributed by atoms with Crippen LogP contribution in [0.2, 0.25) is 0 Å². The second-order valence-corrected chi connectivity index (χ2v) is 18.2. The first-order valence-corrected chi connectivity index (χ1v) is 24.1. The lowest BCUT2D eigenvalue weighted by molar-refractivity contribution is -0.144. The van der Waals surface area contributed by atoms with E-state index < -0.39 is 127 Å². The quantitative estimate of drug-likeness (QED) is 0.0317. The molecule has 0 bridgehead atoms. The van der Waals surface area contributed by atoms with E-state index in [1.54, 1.807) is 30.3 Å². The summed E-state index contributed by atoms with van der Waals surface area (Å²) >= 11 is 0. The Morgan fingerprint density at radius 1 is 0.481 bits per heavy atom. The molecule has 25 heteroatoms. The molecule has 4 aromatic rings. The fraction of sp³-hybridized carbons (Fsp3) is 0.346. The van der Waals surface area contributed by atoms with E-state index in [0.29, 0.717) is 22.3 Å². The number of hydrogen-bond donors (Lipinski definition) is 14. The first-order valence-electron chi connectivity index (χ1n) is 24.1. The molecule has 1 aliphatic heterocycles. The lowest BCUT2D eigenvalue weighted by Gasteiger charge is -2.31. The van der Waals surface area contributed by atoms with Gasteiger partial charge in [-0.1, -0.05) is 66.7 Å². The van der Waals surface area contributed by atoms with E-state index in [0.717, 1.165) is 4.90 Å². The van der Waals surface area contributed by atoms with Gasteiger partial charge in [0, 0.05) is 32.2 Å². The third-order valence-corrected chi connectivity index (χ3v) is 12.3. The van der Waals surface area contributed by atoms with Crippen molar-refractivity contribution in [3.8, 4) is 17.2 Å². The molecule has 5 rings (SSSR count). The zero-order valence-corrected chi connectivity index (χ0v) is 41.2. The number of hydrogen-bond acceptors (Lipinski definition) is 15. The number of carbonyl (C=O) groups excluding carboxylic acids is 7. The number of aliphatic carboxylic acids is 3. The minimum Gasteiger partial charge on any atom is -0.508 e. The Balaban J connectivity index is 1.37. The van der Waals surface area contributed by atoms with Crippen LogP contribution >= 0.6 is 0 Å². The molecular weight excluding hydrogens is 1010 g/mol. The number of aromatic hydroxyl groups is 3. The number of carbonyl (C=O) groups is 10. The average molecular weight is 1070 g/mol. The van der Waals surface area contributed by atoms with Crippen LogP contribution in [-0.2, 0) is 73.6 Å². The molecule has 15 N–H and O–H groups in total. The number of benzene rings is 4. The second kappa shape index (κ2) is 28.0. The van der Waals surface area contributed by atoms with E-state index in [1.165, 1.54) is 72.8 Å². The Morgan fingerprint density at radius 3 is 1.29 bits per heavy atom. The topological polar surface area (TPSA) is 414 Å². The maximum Gasteiger partial charge on any atom is 0.326 e. The van der Waals surface area contributed by atoms with Crippen molar-refractivity contribution < 1.29 is 83.7 Å². The SMILES string of the molecule is N[C@@H](CO)C(=O)N[C@@H](Cc1ccc(O)cc1)C(=O)N[C@@H](Cc1ccc(O)cc1)C(=O)N1CCC[C@H]1C(=O)N[C@@H](CC(=O)O)C(=O)N[C@@H](Cc1ccccc1)C(=O)N[C@@H](CC(=O)O)C(=O)N[C@@H](Cc1ccc(O)cc1)C(=O)O. The molecule has 4 aromatic carbocycles. The highest BCUT2D eigenvalue weighted by Gasteiger charge is 2.41. The van der Waals surface area contributed by atoms with Gasteiger partial charge in [0.05, 0.1) is 19.4 Å². The summed E-state index contributed by atoms with van der Waals surface area (Å²) in [5.41, 5.74) is 7.41. The van der Waals surface area contributed by atoms with Crippen molar-refractivity contribution in [3.63, 3.8) is 0 Å². The van der Waals surface area contributed by atoms with Crippen LogP contribution in [0.5, 0.6) is 17.2 Å². The maximum absolute atomic E-state index is 14.6. The molecule has 0 aromatic heterocycles. The van der Waals surface area contributed by atoms with Crippen molar-refractivity contribution >= 4 is 59.3 Å². The summed E-state index contributed by atoms with van der Waals surface area (Å²) in [7, 11) is 0. The highest BCUT2D eigenvalue weighted by atomic mass is 16.4. The molecule has 410 valence electrons. The molecule has 7 amide bonds. The first kappa shape index (κ1) is 58.8. The van der Waals surface area contributed by atoms with Gasteiger partial charge in [-0.15, -0.1) is 0 Å². The van der Waals surface area contributed by atoms with Gasteiger partial charge in [-0.25, -0.2) is 4.79 Å². The lowest BCUT2D eigenvalue weighted by atomic mass is 10.0. The Labute approximate surface area is 439 Å². The van der Waals surface area contributed by atoms with E-state index in [9.17, 15) is 83.7 Å². The predicted octanol–water partition coefficient (Wildman–Crippen LogP) is -1.67. The van der Waals surface area contributed by atoms with Crippen LogP contribution in [0.1, 0.15) is 47.9 Å². The highest BCUT2D eigenvalue weighted by Crippen LogP contribution is 2.22. The Bertz CT molecular complexity index is 2750. The molecule has 1 heterocycles. The standard InChI is InChI=1S/C52H60N8O17/c53-35(27-61)45(69)54-36(22-29-8-14-32(62)15-9-29)47(71)58-40(23-30-10-16-33(63)17-11-30)51(75)60-20-4-7-42(60)50(74)57-39(26-44(67)68)48(72)55-37(21-28-5-2-1-3-6-28)46(70)56-38(25-43(65)66)49(73)59-41(52(76)77)24-31-12-18-34(64)19-13-31/h1-3,5-6,8-19,35-42,61-64H,4,7,20-27,53H2,(H,54,69)(H,55,72)(H,56,70)(H,57,74)(H,58,71)(H,59,73)(H,65,66)(H,67,68)(H,76,77)/t35-,36-,37-,38-,39-,40-,41-,42-/m0/s1. The molecule has 77 heavy (non-hydrogen) atoms. The van der Waals surface area contributed by atoms with Crippen molar-refractivity contribution in [1.29, 1.82) is 0 Å². The molecular formula is C52H60N8O17. The summed E-state index contributed by atoms with van der Waals surface area (Å²) in [6.45, 7) is -0.835. The molecule has 0 unspecified atom stereocenters. The molecule has 0 radical (unpaired) electrons. The van der Waals surface area contributed by atoms with E-state index in [2.05, 4.69) is 31.9 Å². The molecule has 8 atom stereocenters. The van der Waals surface area contributed by atoms with E-state index in [-0.39, 0.29) is 62.3 Å². The second-order valence-electron chi connectivity index (χ2n) is 18.2. The minimum atomic E-state index is -1.93. The van der Waals surface area contributed by atoms with Crippen LogP contribution in [0.25, 0.3) is 0 Å². The molecule has 0 spiro atoms. The number of carboxylic acids is 3. The van der Waals surface area contributed by atoms with Gasteiger partial charge >= 0.3 is 17.9 Å². The van der Waals surface area contributed by atoms with Gasteiger partial charge in [0.1, 0.15) is 65.6 Å². The number of aliphatic hydroxyl groups excluding tert-OH is 1. The summed E-state index contributed by atoms with van der Waals surface area (Å²) in [5, 5.41) is 82.8. The minimum absolute atomic E-state index is 0.0127. The number of carboxylic acid groups (broad SMARTS) is 3. The van der Waals surface area contributed by atoms with Gasteiger partial charge in [0.2, 0.25) is 41.4 Å². The predicted molar refractivity (Wildman–Crippen MR) is 269 cm³/mol. The van der Waals surface area contributed by atoms with Gasteiger partial charge in [-0.3, -0.25) is 43.2 Å². The molecule has 25 nitrogen and oxygen atoms in total. The average Bonchev–Trinajstić information content (AvgIpc) is 3.90. The van der Waals surface area contributed by atoms with Crippen LogP contribution in [0, 0.1) is 0 Å². The van der Waals surface area contributed by atoms with Crippen molar-refractivity contribution in [2.45, 2.75) is 99.7 Å².